The van der Waals surface area contributed by atoms with Crippen LogP contribution in [0.2, 0.25) is 5.02 Å². The number of para-hydroxylation sites is 1. The molecular weight excluding hydrogens is 566 g/mol. The van der Waals surface area contributed by atoms with Gasteiger partial charge in [-0.1, -0.05) is 53.3 Å². The van der Waals surface area contributed by atoms with Crippen LogP contribution >= 0.6 is 34.7 Å². The first-order valence-corrected chi connectivity index (χ1v) is 14.2. The second-order valence-corrected chi connectivity index (χ2v) is 11.2. The second-order valence-electron chi connectivity index (χ2n) is 8.74. The van der Waals surface area contributed by atoms with Crippen molar-refractivity contribution in [2.45, 2.75) is 23.2 Å². The van der Waals surface area contributed by atoms with Gasteiger partial charge in [0, 0.05) is 29.2 Å². The summed E-state index contributed by atoms with van der Waals surface area (Å²) in [6.45, 7) is 1.78. The van der Waals surface area contributed by atoms with E-state index in [2.05, 4.69) is 20.3 Å². The Hall–Kier alpha value is -4.25. The van der Waals surface area contributed by atoms with Crippen LogP contribution in [0.3, 0.4) is 0 Å². The molecule has 0 saturated heterocycles. The Kier molecular flexibility index (Phi) is 7.21. The normalized spacial score (nSPS) is 15.1. The van der Waals surface area contributed by atoms with E-state index >= 15 is 0 Å². The van der Waals surface area contributed by atoms with Gasteiger partial charge in [0.2, 0.25) is 0 Å². The summed E-state index contributed by atoms with van der Waals surface area (Å²) in [6.07, 6.45) is 5.00. The molecule has 11 heteroatoms. The predicted octanol–water partition coefficient (Wildman–Crippen LogP) is 5.06. The Labute approximate surface area is 241 Å². The fraction of sp³-hybridized carbons (Fsp3) is 0.0690. The first kappa shape index (κ1) is 26.0. The molecule has 3 aromatic heterocycles. The van der Waals surface area contributed by atoms with Crippen LogP contribution in [0.5, 0.6) is 0 Å². The number of allylic oxidation sites excluding steroid dienone is 1. The molecule has 0 unspecified atom stereocenters. The molecular formula is C29H20ClN5O3S2. The van der Waals surface area contributed by atoms with Crippen molar-refractivity contribution < 1.29 is 9.21 Å². The maximum atomic E-state index is 13.8. The quantitative estimate of drug-likeness (QED) is 0.279. The van der Waals surface area contributed by atoms with Gasteiger partial charge in [0.15, 0.2) is 15.1 Å². The highest BCUT2D eigenvalue weighted by Gasteiger charge is 2.32. The Morgan fingerprint density at radius 1 is 1.05 bits per heavy atom. The number of halogens is 1. The highest BCUT2D eigenvalue weighted by molar-refractivity contribution is 7.99. The van der Waals surface area contributed by atoms with Gasteiger partial charge in [-0.25, -0.2) is 15.0 Å². The van der Waals surface area contributed by atoms with Gasteiger partial charge in [0.1, 0.15) is 5.76 Å². The maximum absolute atomic E-state index is 13.8. The lowest BCUT2D eigenvalue weighted by Crippen LogP contribution is -2.40. The fourth-order valence-corrected chi connectivity index (χ4v) is 6.15. The van der Waals surface area contributed by atoms with Crippen LogP contribution in [0, 0.1) is 0 Å². The zero-order chi connectivity index (χ0) is 27.6. The van der Waals surface area contributed by atoms with Crippen LogP contribution in [0.1, 0.15) is 24.3 Å². The van der Waals surface area contributed by atoms with E-state index in [-0.39, 0.29) is 11.5 Å². The summed E-state index contributed by atoms with van der Waals surface area (Å²) in [5.41, 5.74) is 2.01. The zero-order valence-electron chi connectivity index (χ0n) is 20.9. The number of hydrogen-bond donors (Lipinski definition) is 1. The summed E-state index contributed by atoms with van der Waals surface area (Å²) in [7, 11) is 0. The van der Waals surface area contributed by atoms with E-state index in [1.165, 1.54) is 23.1 Å². The number of hydrogen-bond acceptors (Lipinski definition) is 8. The average molecular weight is 586 g/mol. The third kappa shape index (κ3) is 5.29. The van der Waals surface area contributed by atoms with Crippen LogP contribution in [0.4, 0.5) is 5.69 Å². The van der Waals surface area contributed by atoms with E-state index in [0.717, 1.165) is 5.56 Å². The molecule has 0 bridgehead atoms. The minimum Gasteiger partial charge on any atom is -0.450 e. The van der Waals surface area contributed by atoms with Gasteiger partial charge in [-0.05, 0) is 66.7 Å². The summed E-state index contributed by atoms with van der Waals surface area (Å²) in [5.74, 6) is 0.169. The van der Waals surface area contributed by atoms with Gasteiger partial charge in [0.25, 0.3) is 11.5 Å². The molecule has 8 nitrogen and oxygen atoms in total. The van der Waals surface area contributed by atoms with Crippen molar-refractivity contribution in [3.63, 3.8) is 0 Å². The molecule has 1 aliphatic rings. The smallest absolute Gasteiger partial charge is 0.271 e. The topological polar surface area (TPSA) is 102 Å². The highest BCUT2D eigenvalue weighted by atomic mass is 35.5. The van der Waals surface area contributed by atoms with Crippen molar-refractivity contribution in [2.24, 2.45) is 4.99 Å². The standard InChI is InChI=1S/C29H20ClN5O3S2/c1-17-24(26(36)34-20-6-3-2-4-7-20)25(18-8-10-19(30)11-9-18)35-27(37)22(39-29(35)33-17)16-21-12-13-23(38-21)40-28-31-14-5-15-32-28/h2-16,25H,1H3,(H,34,36)/b22-16+/t25-/m1/s1. The van der Waals surface area contributed by atoms with Crippen LogP contribution in [-0.4, -0.2) is 20.4 Å². The Balaban J connectivity index is 1.41. The number of rotatable bonds is 6. The van der Waals surface area contributed by atoms with Gasteiger partial charge in [-0.3, -0.25) is 14.2 Å². The van der Waals surface area contributed by atoms with Crippen LogP contribution in [0.25, 0.3) is 6.08 Å². The number of anilines is 1. The lowest BCUT2D eigenvalue weighted by atomic mass is 9.95. The molecule has 0 spiro atoms. The van der Waals surface area contributed by atoms with Gasteiger partial charge < -0.3 is 9.73 Å². The minimum absolute atomic E-state index is 0.279. The summed E-state index contributed by atoms with van der Waals surface area (Å²) in [4.78, 5) is 41.0. The monoisotopic (exact) mass is 585 g/mol. The molecule has 198 valence electrons. The molecule has 0 saturated carbocycles. The predicted molar refractivity (Wildman–Crippen MR) is 155 cm³/mol. The maximum Gasteiger partial charge on any atom is 0.271 e. The molecule has 2 aromatic carbocycles. The molecule has 1 aliphatic heterocycles. The fourth-order valence-electron chi connectivity index (χ4n) is 4.32. The molecule has 1 amide bonds. The number of nitrogens with one attached hydrogen (secondary N) is 1. The van der Waals surface area contributed by atoms with Gasteiger partial charge in [0.05, 0.1) is 21.8 Å². The minimum atomic E-state index is -0.697. The van der Waals surface area contributed by atoms with Crippen LogP contribution in [-0.2, 0) is 4.79 Å². The third-order valence-electron chi connectivity index (χ3n) is 6.09. The van der Waals surface area contributed by atoms with Crippen molar-refractivity contribution in [3.8, 4) is 0 Å². The average Bonchev–Trinajstić information content (AvgIpc) is 3.52. The van der Waals surface area contributed by atoms with E-state index in [0.29, 0.717) is 47.3 Å². The zero-order valence-corrected chi connectivity index (χ0v) is 23.3. The summed E-state index contributed by atoms with van der Waals surface area (Å²) >= 11 is 8.69. The van der Waals surface area contributed by atoms with Crippen molar-refractivity contribution in [1.82, 2.24) is 14.5 Å². The van der Waals surface area contributed by atoms with Crippen molar-refractivity contribution >= 4 is 52.4 Å². The number of carbonyl (C=O) groups is 1. The third-order valence-corrected chi connectivity index (χ3v) is 8.14. The number of nitrogens with zero attached hydrogens (tertiary/aromatic N) is 4. The molecule has 6 rings (SSSR count). The Morgan fingerprint density at radius 3 is 2.55 bits per heavy atom. The lowest BCUT2D eigenvalue weighted by molar-refractivity contribution is -0.113. The van der Waals surface area contributed by atoms with E-state index in [4.69, 9.17) is 16.0 Å². The molecule has 1 N–H and O–H groups in total. The van der Waals surface area contributed by atoms with Gasteiger partial charge >= 0.3 is 0 Å². The highest BCUT2D eigenvalue weighted by Crippen LogP contribution is 2.31. The number of aromatic nitrogens is 3. The molecule has 0 fully saturated rings. The number of fused-ring (bicyclic) bond motifs is 1. The first-order chi connectivity index (χ1) is 19.5. The number of thiazole rings is 1. The summed E-state index contributed by atoms with van der Waals surface area (Å²) in [6, 6.07) is 20.9. The molecule has 0 aliphatic carbocycles. The number of benzene rings is 2. The summed E-state index contributed by atoms with van der Waals surface area (Å²) < 4.78 is 7.90. The SMILES string of the molecule is CC1=C(C(=O)Nc2ccccc2)[C@@H](c2ccc(Cl)cc2)n2c(s/c(=C/c3ccc(Sc4ncccn4)o3)c2=O)=N1. The van der Waals surface area contributed by atoms with Crippen molar-refractivity contribution in [1.29, 1.82) is 0 Å². The molecule has 5 aromatic rings. The number of amides is 1. The number of furan rings is 1. The van der Waals surface area contributed by atoms with Crippen LogP contribution in [0.15, 0.2) is 121 Å². The van der Waals surface area contributed by atoms with E-state index < -0.39 is 6.04 Å². The number of carbonyl (C=O) groups excluding carboxylic acids is 1. The van der Waals surface area contributed by atoms with Crippen molar-refractivity contribution in [3.05, 3.63) is 132 Å². The van der Waals surface area contributed by atoms with E-state index in [1.54, 1.807) is 72.4 Å². The summed E-state index contributed by atoms with van der Waals surface area (Å²) in [5, 5.41) is 4.65. The molecule has 4 heterocycles. The molecule has 40 heavy (non-hydrogen) atoms. The van der Waals surface area contributed by atoms with Crippen LogP contribution < -0.4 is 20.2 Å². The van der Waals surface area contributed by atoms with Crippen molar-refractivity contribution in [2.75, 3.05) is 5.32 Å². The second kappa shape index (κ2) is 11.1. The van der Waals surface area contributed by atoms with E-state index in [1.807, 2.05) is 30.3 Å². The Morgan fingerprint density at radius 2 is 1.80 bits per heavy atom. The van der Waals surface area contributed by atoms with Gasteiger partial charge in [-0.15, -0.1) is 0 Å². The molecule has 1 atom stereocenters. The molecule has 0 radical (unpaired) electrons. The Bertz CT molecular complexity index is 1910. The first-order valence-electron chi connectivity index (χ1n) is 12.2. The van der Waals surface area contributed by atoms with E-state index in [9.17, 15) is 9.59 Å². The largest absolute Gasteiger partial charge is 0.450 e. The lowest BCUT2D eigenvalue weighted by Gasteiger charge is -2.25. The van der Waals surface area contributed by atoms with Gasteiger partial charge in [-0.2, -0.15) is 0 Å².